The van der Waals surface area contributed by atoms with E-state index in [2.05, 4.69) is 15.6 Å². The molecule has 7 nitrogen and oxygen atoms in total. The van der Waals surface area contributed by atoms with Crippen molar-refractivity contribution in [3.05, 3.63) is 41.7 Å². The Bertz CT molecular complexity index is 859. The van der Waals surface area contributed by atoms with E-state index in [0.717, 1.165) is 31.4 Å². The normalized spacial score (nSPS) is 13.8. The van der Waals surface area contributed by atoms with E-state index < -0.39 is 0 Å². The summed E-state index contributed by atoms with van der Waals surface area (Å²) in [6.07, 6.45) is 5.48. The Hall–Kier alpha value is -3.09. The van der Waals surface area contributed by atoms with E-state index in [1.165, 1.54) is 14.2 Å². The van der Waals surface area contributed by atoms with Gasteiger partial charge in [0, 0.05) is 17.2 Å². The van der Waals surface area contributed by atoms with Crippen LogP contribution in [-0.4, -0.2) is 31.0 Å². The Balaban J connectivity index is 1.87. The van der Waals surface area contributed by atoms with E-state index in [0.29, 0.717) is 28.4 Å². The van der Waals surface area contributed by atoms with Crippen molar-refractivity contribution in [2.24, 2.45) is 5.92 Å². The van der Waals surface area contributed by atoms with Crippen LogP contribution in [0.25, 0.3) is 0 Å². The zero-order chi connectivity index (χ0) is 20.1. The van der Waals surface area contributed by atoms with Crippen molar-refractivity contribution in [1.82, 2.24) is 4.98 Å². The maximum Gasteiger partial charge on any atom is 0.255 e. The molecule has 0 atom stereocenters. The molecule has 1 fully saturated rings. The summed E-state index contributed by atoms with van der Waals surface area (Å²) in [5, 5.41) is 5.71. The van der Waals surface area contributed by atoms with Gasteiger partial charge in [-0.2, -0.15) is 0 Å². The van der Waals surface area contributed by atoms with Crippen molar-refractivity contribution in [2.75, 3.05) is 24.9 Å². The predicted octanol–water partition coefficient (Wildman–Crippen LogP) is 3.79. The molecule has 0 bridgehead atoms. The van der Waals surface area contributed by atoms with Gasteiger partial charge in [0.1, 0.15) is 0 Å². The zero-order valence-electron chi connectivity index (χ0n) is 16.4. The van der Waals surface area contributed by atoms with Crippen molar-refractivity contribution >= 4 is 23.2 Å². The standard InChI is InChI=1S/C21H25N3O4/c1-13-8-9-16(12-22-13)23-21(26)15-10-17(19(28-3)18(11-15)27-2)24-20(25)14-6-4-5-7-14/h8-12,14H,4-7H2,1-3H3,(H,23,26)(H,24,25). The number of aromatic nitrogens is 1. The van der Waals surface area contributed by atoms with E-state index in [9.17, 15) is 9.59 Å². The highest BCUT2D eigenvalue weighted by Crippen LogP contribution is 2.38. The number of nitrogens with zero attached hydrogens (tertiary/aromatic N) is 1. The van der Waals surface area contributed by atoms with Crippen LogP contribution in [-0.2, 0) is 4.79 Å². The number of hydrogen-bond acceptors (Lipinski definition) is 5. The van der Waals surface area contributed by atoms with Crippen molar-refractivity contribution in [3.63, 3.8) is 0 Å². The van der Waals surface area contributed by atoms with Crippen LogP contribution in [0.5, 0.6) is 11.5 Å². The molecule has 148 valence electrons. The van der Waals surface area contributed by atoms with Crippen molar-refractivity contribution < 1.29 is 19.1 Å². The van der Waals surface area contributed by atoms with Crippen LogP contribution in [0.2, 0.25) is 0 Å². The van der Waals surface area contributed by atoms with Crippen molar-refractivity contribution in [3.8, 4) is 11.5 Å². The molecular formula is C21H25N3O4. The fourth-order valence-electron chi connectivity index (χ4n) is 3.36. The van der Waals surface area contributed by atoms with Crippen LogP contribution in [0, 0.1) is 12.8 Å². The zero-order valence-corrected chi connectivity index (χ0v) is 16.4. The molecule has 3 rings (SSSR count). The first-order valence-electron chi connectivity index (χ1n) is 9.32. The van der Waals surface area contributed by atoms with E-state index in [-0.39, 0.29) is 17.7 Å². The first kappa shape index (κ1) is 19.7. The van der Waals surface area contributed by atoms with Crippen molar-refractivity contribution in [2.45, 2.75) is 32.6 Å². The Labute approximate surface area is 164 Å². The van der Waals surface area contributed by atoms with Gasteiger partial charge in [-0.15, -0.1) is 0 Å². The van der Waals surface area contributed by atoms with Gasteiger partial charge < -0.3 is 20.1 Å². The summed E-state index contributed by atoms with van der Waals surface area (Å²) in [6.45, 7) is 1.87. The molecule has 0 saturated heterocycles. The molecule has 1 aliphatic rings. The molecule has 2 aromatic rings. The highest BCUT2D eigenvalue weighted by molar-refractivity contribution is 6.06. The minimum atomic E-state index is -0.331. The van der Waals surface area contributed by atoms with Gasteiger partial charge in [-0.25, -0.2) is 0 Å². The van der Waals surface area contributed by atoms with Crippen LogP contribution in [0.15, 0.2) is 30.5 Å². The number of hydrogen-bond donors (Lipinski definition) is 2. The molecule has 1 aromatic heterocycles. The predicted molar refractivity (Wildman–Crippen MR) is 107 cm³/mol. The Morgan fingerprint density at radius 3 is 2.43 bits per heavy atom. The number of rotatable bonds is 6. The van der Waals surface area contributed by atoms with Gasteiger partial charge in [-0.1, -0.05) is 12.8 Å². The maximum absolute atomic E-state index is 12.7. The lowest BCUT2D eigenvalue weighted by Crippen LogP contribution is -2.21. The van der Waals surface area contributed by atoms with E-state index in [1.54, 1.807) is 24.4 Å². The first-order chi connectivity index (χ1) is 13.5. The largest absolute Gasteiger partial charge is 0.493 e. The number of amides is 2. The lowest BCUT2D eigenvalue weighted by molar-refractivity contribution is -0.119. The summed E-state index contributed by atoms with van der Waals surface area (Å²) in [6, 6.07) is 6.79. The summed E-state index contributed by atoms with van der Waals surface area (Å²) in [5.74, 6) is 0.370. The highest BCUT2D eigenvalue weighted by atomic mass is 16.5. The van der Waals surface area contributed by atoms with E-state index >= 15 is 0 Å². The van der Waals surface area contributed by atoms with Crippen LogP contribution >= 0.6 is 0 Å². The fraction of sp³-hybridized carbons (Fsp3) is 0.381. The molecule has 2 amide bonds. The average Bonchev–Trinajstić information content (AvgIpc) is 3.24. The smallest absolute Gasteiger partial charge is 0.255 e. The summed E-state index contributed by atoms with van der Waals surface area (Å²) in [5.41, 5.74) is 2.22. The van der Waals surface area contributed by atoms with Crippen LogP contribution < -0.4 is 20.1 Å². The summed E-state index contributed by atoms with van der Waals surface area (Å²) >= 11 is 0. The Kier molecular flexibility index (Phi) is 6.13. The Morgan fingerprint density at radius 2 is 1.82 bits per heavy atom. The molecule has 28 heavy (non-hydrogen) atoms. The molecule has 1 aromatic carbocycles. The third kappa shape index (κ3) is 4.42. The third-order valence-electron chi connectivity index (χ3n) is 4.89. The van der Waals surface area contributed by atoms with E-state index in [4.69, 9.17) is 9.47 Å². The number of aryl methyl sites for hydroxylation is 1. The summed E-state index contributed by atoms with van der Waals surface area (Å²) < 4.78 is 10.8. The topological polar surface area (TPSA) is 89.5 Å². The lowest BCUT2D eigenvalue weighted by atomic mass is 10.1. The second kappa shape index (κ2) is 8.73. The molecule has 7 heteroatoms. The number of ether oxygens (including phenoxy) is 2. The second-order valence-electron chi connectivity index (χ2n) is 6.87. The quantitative estimate of drug-likeness (QED) is 0.792. The summed E-state index contributed by atoms with van der Waals surface area (Å²) in [4.78, 5) is 29.5. The number of carbonyl (C=O) groups excluding carboxylic acids is 2. The van der Waals surface area contributed by atoms with Crippen LogP contribution in [0.4, 0.5) is 11.4 Å². The minimum Gasteiger partial charge on any atom is -0.493 e. The average molecular weight is 383 g/mol. The van der Waals surface area contributed by atoms with Gasteiger partial charge in [-0.3, -0.25) is 14.6 Å². The summed E-state index contributed by atoms with van der Waals surface area (Å²) in [7, 11) is 2.99. The molecule has 0 unspecified atom stereocenters. The lowest BCUT2D eigenvalue weighted by Gasteiger charge is -2.17. The van der Waals surface area contributed by atoms with Gasteiger partial charge in [0.2, 0.25) is 5.91 Å². The van der Waals surface area contributed by atoms with Crippen molar-refractivity contribution in [1.29, 1.82) is 0 Å². The first-order valence-corrected chi connectivity index (χ1v) is 9.32. The molecule has 0 aliphatic heterocycles. The maximum atomic E-state index is 12.7. The molecular weight excluding hydrogens is 358 g/mol. The minimum absolute atomic E-state index is 0.00758. The number of carbonyl (C=O) groups is 2. The monoisotopic (exact) mass is 383 g/mol. The molecule has 1 saturated carbocycles. The third-order valence-corrected chi connectivity index (χ3v) is 4.89. The molecule has 0 spiro atoms. The van der Waals surface area contributed by atoms with Gasteiger partial charge >= 0.3 is 0 Å². The van der Waals surface area contributed by atoms with Gasteiger partial charge in [0.25, 0.3) is 5.91 Å². The molecule has 1 aliphatic carbocycles. The number of methoxy groups -OCH3 is 2. The number of pyridine rings is 1. The SMILES string of the molecule is COc1cc(C(=O)Nc2ccc(C)nc2)cc(NC(=O)C2CCCC2)c1OC. The molecule has 0 radical (unpaired) electrons. The van der Waals surface area contributed by atoms with Crippen LogP contribution in [0.3, 0.4) is 0 Å². The highest BCUT2D eigenvalue weighted by Gasteiger charge is 2.25. The van der Waals surface area contributed by atoms with Crippen LogP contribution in [0.1, 0.15) is 41.7 Å². The number of benzene rings is 1. The van der Waals surface area contributed by atoms with E-state index in [1.807, 2.05) is 13.0 Å². The number of nitrogens with one attached hydrogen (secondary N) is 2. The van der Waals surface area contributed by atoms with Gasteiger partial charge in [0.05, 0.1) is 31.8 Å². The molecule has 1 heterocycles. The molecule has 2 N–H and O–H groups in total. The number of anilines is 2. The Morgan fingerprint density at radius 1 is 1.07 bits per heavy atom. The van der Waals surface area contributed by atoms with Gasteiger partial charge in [-0.05, 0) is 44.0 Å². The fourth-order valence-corrected chi connectivity index (χ4v) is 3.36. The second-order valence-corrected chi connectivity index (χ2v) is 6.87. The van der Waals surface area contributed by atoms with Gasteiger partial charge in [0.15, 0.2) is 11.5 Å².